The quantitative estimate of drug-likeness (QED) is 0.262. The van der Waals surface area contributed by atoms with Gasteiger partial charge in [-0.3, -0.25) is 0 Å². The molecule has 30 heavy (non-hydrogen) atoms. The topological polar surface area (TPSA) is 0 Å². The first kappa shape index (κ1) is 24.3. The fraction of sp³-hybridized carbons (Fsp3) is 0.500. The highest BCUT2D eigenvalue weighted by Gasteiger charge is 2.67. The lowest BCUT2D eigenvalue weighted by Crippen LogP contribution is -2.54. The molecule has 0 fully saturated rings. The highest BCUT2D eigenvalue weighted by Crippen LogP contribution is 2.57. The molecule has 6 heteroatoms. The van der Waals surface area contributed by atoms with Gasteiger partial charge >= 0.3 is 12.4 Å². The molecule has 2 aromatic rings. The van der Waals surface area contributed by atoms with Crippen LogP contribution in [0.5, 0.6) is 0 Å². The summed E-state index contributed by atoms with van der Waals surface area (Å²) in [5, 5.41) is 0. The molecule has 2 rings (SSSR count). The van der Waals surface area contributed by atoms with E-state index in [1.807, 2.05) is 6.92 Å². The first-order valence-corrected chi connectivity index (χ1v) is 10.4. The molecule has 0 N–H and O–H groups in total. The summed E-state index contributed by atoms with van der Waals surface area (Å²) >= 11 is 0. The monoisotopic (exact) mass is 430 g/mol. The Morgan fingerprint density at radius 1 is 0.633 bits per heavy atom. The van der Waals surface area contributed by atoms with Crippen LogP contribution < -0.4 is 0 Å². The molecule has 0 aliphatic heterocycles. The smallest absolute Gasteiger partial charge is 0.171 e. The van der Waals surface area contributed by atoms with E-state index in [0.717, 1.165) is 49.9 Å². The normalized spacial score (nSPS) is 14.0. The van der Waals surface area contributed by atoms with Crippen molar-refractivity contribution in [1.29, 1.82) is 0 Å². The van der Waals surface area contributed by atoms with E-state index in [2.05, 4.69) is 0 Å². The van der Waals surface area contributed by atoms with E-state index >= 15 is 0 Å². The predicted octanol–water partition coefficient (Wildman–Crippen LogP) is 8.46. The van der Waals surface area contributed by atoms with Crippen LogP contribution in [0.15, 0.2) is 60.7 Å². The van der Waals surface area contributed by atoms with Crippen molar-refractivity contribution in [1.82, 2.24) is 0 Å². The number of benzene rings is 2. The number of rotatable bonds is 10. The van der Waals surface area contributed by atoms with E-state index in [1.165, 1.54) is 36.4 Å². The highest BCUT2D eigenvalue weighted by atomic mass is 19.4. The second-order valence-corrected chi connectivity index (χ2v) is 7.69. The average molecular weight is 430 g/mol. The van der Waals surface area contributed by atoms with Crippen molar-refractivity contribution in [3.05, 3.63) is 71.8 Å². The largest absolute Gasteiger partial charge is 0.402 e. The van der Waals surface area contributed by atoms with Crippen LogP contribution in [0.4, 0.5) is 26.3 Å². The Labute approximate surface area is 174 Å². The number of hydrogen-bond donors (Lipinski definition) is 0. The molecule has 0 radical (unpaired) electrons. The molecule has 0 spiro atoms. The molecule has 0 aliphatic carbocycles. The van der Waals surface area contributed by atoms with Gasteiger partial charge in [0.05, 0.1) is 5.92 Å². The number of halogens is 6. The van der Waals surface area contributed by atoms with E-state index in [1.54, 1.807) is 0 Å². The molecule has 0 saturated heterocycles. The predicted molar refractivity (Wildman–Crippen MR) is 107 cm³/mol. The third-order valence-electron chi connectivity index (χ3n) is 5.67. The van der Waals surface area contributed by atoms with Gasteiger partial charge in [0.2, 0.25) is 0 Å². The average Bonchev–Trinajstić information content (AvgIpc) is 2.69. The van der Waals surface area contributed by atoms with Crippen LogP contribution in [-0.2, 0) is 5.41 Å². The minimum Gasteiger partial charge on any atom is -0.171 e. The minimum absolute atomic E-state index is 0.103. The SMILES string of the molecule is CCCCCCCCC(C(F)(F)F)C(c1ccccc1)(c1ccccc1)C(F)(F)F. The van der Waals surface area contributed by atoms with E-state index in [0.29, 0.717) is 6.42 Å². The van der Waals surface area contributed by atoms with Gasteiger partial charge in [-0.25, -0.2) is 0 Å². The van der Waals surface area contributed by atoms with Gasteiger partial charge in [-0.1, -0.05) is 106 Å². The molecule has 0 aromatic heterocycles. The Hall–Kier alpha value is -1.98. The van der Waals surface area contributed by atoms with E-state index < -0.39 is 30.1 Å². The summed E-state index contributed by atoms with van der Waals surface area (Å²) in [5.74, 6) is -2.57. The number of hydrogen-bond acceptors (Lipinski definition) is 0. The lowest BCUT2D eigenvalue weighted by atomic mass is 9.63. The molecule has 0 aliphatic rings. The van der Waals surface area contributed by atoms with Crippen molar-refractivity contribution in [3.8, 4) is 0 Å². The zero-order chi connectivity index (χ0) is 22.3. The van der Waals surface area contributed by atoms with Gasteiger partial charge in [-0.05, 0) is 17.5 Å². The Morgan fingerprint density at radius 2 is 1.07 bits per heavy atom. The second-order valence-electron chi connectivity index (χ2n) is 7.69. The van der Waals surface area contributed by atoms with E-state index in [-0.39, 0.29) is 17.5 Å². The zero-order valence-electron chi connectivity index (χ0n) is 17.1. The van der Waals surface area contributed by atoms with Crippen molar-refractivity contribution in [2.75, 3.05) is 0 Å². The Morgan fingerprint density at radius 3 is 1.47 bits per heavy atom. The van der Waals surface area contributed by atoms with E-state index in [4.69, 9.17) is 0 Å². The van der Waals surface area contributed by atoms with Gasteiger partial charge in [0.25, 0.3) is 0 Å². The molecular formula is C24H28F6. The van der Waals surface area contributed by atoms with Crippen LogP contribution in [0.25, 0.3) is 0 Å². The van der Waals surface area contributed by atoms with Crippen molar-refractivity contribution in [2.24, 2.45) is 5.92 Å². The third kappa shape index (κ3) is 5.38. The molecule has 0 amide bonds. The van der Waals surface area contributed by atoms with Crippen LogP contribution in [0.1, 0.15) is 63.0 Å². The zero-order valence-corrected chi connectivity index (χ0v) is 17.1. The summed E-state index contributed by atoms with van der Waals surface area (Å²) in [4.78, 5) is 0. The first-order chi connectivity index (χ1) is 14.2. The number of unbranched alkanes of at least 4 members (excludes halogenated alkanes) is 5. The minimum atomic E-state index is -5.13. The maximum atomic E-state index is 14.7. The van der Waals surface area contributed by atoms with Gasteiger partial charge in [-0.15, -0.1) is 0 Å². The molecule has 0 saturated carbocycles. The lowest BCUT2D eigenvalue weighted by Gasteiger charge is -2.44. The number of alkyl halides is 6. The standard InChI is InChI=1S/C24H28F6/c1-2-3-4-5-6-13-18-21(23(25,26)27)22(24(28,29)30,19-14-9-7-10-15-19)20-16-11-8-12-17-20/h7-12,14-17,21H,2-6,13,18H2,1H3. The molecule has 0 nitrogen and oxygen atoms in total. The summed E-state index contributed by atoms with van der Waals surface area (Å²) in [6.45, 7) is 2.02. The molecule has 2 aromatic carbocycles. The van der Waals surface area contributed by atoms with Crippen molar-refractivity contribution >= 4 is 0 Å². The molecule has 0 bridgehead atoms. The molecule has 1 unspecified atom stereocenters. The van der Waals surface area contributed by atoms with Gasteiger partial charge in [0, 0.05) is 0 Å². The van der Waals surface area contributed by atoms with Gasteiger partial charge in [-0.2, -0.15) is 26.3 Å². The molecule has 0 heterocycles. The van der Waals surface area contributed by atoms with Crippen LogP contribution in [0.2, 0.25) is 0 Å². The van der Waals surface area contributed by atoms with E-state index in [9.17, 15) is 26.3 Å². The fourth-order valence-corrected chi connectivity index (χ4v) is 4.25. The van der Waals surface area contributed by atoms with Crippen molar-refractivity contribution in [2.45, 2.75) is 69.6 Å². The molecular weight excluding hydrogens is 402 g/mol. The fourth-order valence-electron chi connectivity index (χ4n) is 4.25. The summed E-state index contributed by atoms with van der Waals surface area (Å²) in [6.07, 6.45) is -6.53. The summed E-state index contributed by atoms with van der Waals surface area (Å²) < 4.78 is 86.8. The van der Waals surface area contributed by atoms with Crippen LogP contribution in [-0.4, -0.2) is 12.4 Å². The van der Waals surface area contributed by atoms with Gasteiger partial charge < -0.3 is 0 Å². The Bertz CT molecular complexity index is 694. The van der Waals surface area contributed by atoms with Crippen LogP contribution in [0.3, 0.4) is 0 Å². The lowest BCUT2D eigenvalue weighted by molar-refractivity contribution is -0.259. The van der Waals surface area contributed by atoms with Crippen LogP contribution in [0, 0.1) is 5.92 Å². The Kier molecular flexibility index (Phi) is 8.39. The molecule has 166 valence electrons. The van der Waals surface area contributed by atoms with Gasteiger partial charge in [0.1, 0.15) is 5.41 Å². The maximum absolute atomic E-state index is 14.7. The second kappa shape index (κ2) is 10.4. The van der Waals surface area contributed by atoms with Crippen molar-refractivity contribution in [3.63, 3.8) is 0 Å². The van der Waals surface area contributed by atoms with Crippen molar-refractivity contribution < 1.29 is 26.3 Å². The van der Waals surface area contributed by atoms with Crippen LogP contribution >= 0.6 is 0 Å². The third-order valence-corrected chi connectivity index (χ3v) is 5.67. The first-order valence-electron chi connectivity index (χ1n) is 10.4. The summed E-state index contributed by atoms with van der Waals surface area (Å²) in [6, 6.07) is 13.1. The highest BCUT2D eigenvalue weighted by molar-refractivity contribution is 5.43. The van der Waals surface area contributed by atoms with Gasteiger partial charge in [0.15, 0.2) is 0 Å². The summed E-state index contributed by atoms with van der Waals surface area (Å²) in [7, 11) is 0. The molecule has 1 atom stereocenters. The Balaban J connectivity index is 2.56. The summed E-state index contributed by atoms with van der Waals surface area (Å²) in [5.41, 5.74) is -3.91. The maximum Gasteiger partial charge on any atom is 0.402 e.